The van der Waals surface area contributed by atoms with Crippen molar-refractivity contribution in [3.63, 3.8) is 0 Å². The number of nitrogen functional groups attached to an aromatic ring is 1. The smallest absolute Gasteiger partial charge is 0.226 e. The molecule has 0 saturated heterocycles. The van der Waals surface area contributed by atoms with Crippen molar-refractivity contribution in [1.29, 1.82) is 0 Å². The molecule has 0 radical (unpaired) electrons. The van der Waals surface area contributed by atoms with Crippen LogP contribution >= 0.6 is 11.6 Å². The fourth-order valence-electron chi connectivity index (χ4n) is 1.36. The minimum absolute atomic E-state index is 0.125. The highest BCUT2D eigenvalue weighted by Crippen LogP contribution is 2.22. The van der Waals surface area contributed by atoms with Crippen LogP contribution in [0.4, 0.5) is 11.4 Å². The van der Waals surface area contributed by atoms with Gasteiger partial charge in [0.15, 0.2) is 0 Å². The Balaban J connectivity index is 2.33. The van der Waals surface area contributed by atoms with E-state index in [1.807, 2.05) is 0 Å². The number of hydrogen-bond donors (Lipinski definition) is 2. The Kier molecular flexibility index (Phi) is 6.54. The molecule has 1 amide bonds. The van der Waals surface area contributed by atoms with Gasteiger partial charge >= 0.3 is 0 Å². The molecule has 0 unspecified atom stereocenters. The number of anilines is 2. The van der Waals surface area contributed by atoms with Crippen molar-refractivity contribution in [2.24, 2.45) is 0 Å². The van der Waals surface area contributed by atoms with Gasteiger partial charge < -0.3 is 15.8 Å². The number of nitrogens with two attached hydrogens (primary N) is 1. The zero-order valence-corrected chi connectivity index (χ0v) is 11.3. The molecular weight excluding hydrogens is 252 g/mol. The molecule has 100 valence electrons. The van der Waals surface area contributed by atoms with Crippen molar-refractivity contribution in [3.05, 3.63) is 23.2 Å². The molecule has 1 rings (SSSR count). The van der Waals surface area contributed by atoms with Gasteiger partial charge in [-0.25, -0.2) is 0 Å². The zero-order chi connectivity index (χ0) is 13.4. The van der Waals surface area contributed by atoms with E-state index in [4.69, 9.17) is 22.1 Å². The highest BCUT2D eigenvalue weighted by atomic mass is 35.5. The molecule has 5 heteroatoms. The second-order valence-electron chi connectivity index (χ2n) is 4.00. The molecule has 0 atom stereocenters. The lowest BCUT2D eigenvalue weighted by Crippen LogP contribution is -2.15. The summed E-state index contributed by atoms with van der Waals surface area (Å²) in [6, 6.07) is 4.98. The average molecular weight is 271 g/mol. The molecule has 0 aromatic heterocycles. The molecule has 0 heterocycles. The number of amides is 1. The first-order valence-corrected chi connectivity index (χ1v) is 6.44. The molecular formula is C13H19ClN2O2. The van der Waals surface area contributed by atoms with Crippen molar-refractivity contribution in [2.75, 3.05) is 24.3 Å². The molecule has 4 nitrogen and oxygen atoms in total. The summed E-state index contributed by atoms with van der Waals surface area (Å²) in [5, 5.41) is 3.25. The summed E-state index contributed by atoms with van der Waals surface area (Å²) in [7, 11) is 0. The van der Waals surface area contributed by atoms with Crippen LogP contribution in [-0.4, -0.2) is 19.1 Å². The maximum absolute atomic E-state index is 11.6. The standard InChI is InChI=1S/C13H19ClN2O2/c1-2-3-7-18-8-6-13(17)16-12-9-10(14)4-5-11(12)15/h4-5,9H,2-3,6-8,15H2,1H3,(H,16,17). The molecule has 0 aliphatic rings. The average Bonchev–Trinajstić information content (AvgIpc) is 2.33. The third-order valence-electron chi connectivity index (χ3n) is 2.41. The first-order chi connectivity index (χ1) is 8.63. The minimum Gasteiger partial charge on any atom is -0.397 e. The van der Waals surface area contributed by atoms with E-state index in [1.165, 1.54) is 0 Å². The fourth-order valence-corrected chi connectivity index (χ4v) is 1.53. The number of nitrogens with one attached hydrogen (secondary N) is 1. The normalized spacial score (nSPS) is 10.3. The van der Waals surface area contributed by atoms with Gasteiger partial charge in [0.25, 0.3) is 0 Å². The van der Waals surface area contributed by atoms with Crippen molar-refractivity contribution >= 4 is 28.9 Å². The van der Waals surface area contributed by atoms with Crippen LogP contribution in [0.3, 0.4) is 0 Å². The first-order valence-electron chi connectivity index (χ1n) is 6.06. The summed E-state index contributed by atoms with van der Waals surface area (Å²) >= 11 is 5.83. The van der Waals surface area contributed by atoms with Crippen molar-refractivity contribution in [1.82, 2.24) is 0 Å². The van der Waals surface area contributed by atoms with Gasteiger partial charge in [-0.15, -0.1) is 0 Å². The highest BCUT2D eigenvalue weighted by molar-refractivity contribution is 6.31. The Bertz CT molecular complexity index is 397. The van der Waals surface area contributed by atoms with E-state index in [2.05, 4.69) is 12.2 Å². The Labute approximate surface area is 112 Å². The van der Waals surface area contributed by atoms with Crippen LogP contribution in [-0.2, 0) is 9.53 Å². The van der Waals surface area contributed by atoms with Crippen LogP contribution in [0, 0.1) is 0 Å². The van der Waals surface area contributed by atoms with Crippen molar-refractivity contribution < 1.29 is 9.53 Å². The van der Waals surface area contributed by atoms with Gasteiger partial charge in [-0.05, 0) is 24.6 Å². The number of carbonyl (C=O) groups is 1. The number of carbonyl (C=O) groups excluding carboxylic acids is 1. The largest absolute Gasteiger partial charge is 0.397 e. The molecule has 0 bridgehead atoms. The van der Waals surface area contributed by atoms with Crippen molar-refractivity contribution in [2.45, 2.75) is 26.2 Å². The van der Waals surface area contributed by atoms with E-state index in [-0.39, 0.29) is 5.91 Å². The number of hydrogen-bond acceptors (Lipinski definition) is 3. The highest BCUT2D eigenvalue weighted by Gasteiger charge is 2.05. The summed E-state index contributed by atoms with van der Waals surface area (Å²) in [5.74, 6) is -0.125. The lowest BCUT2D eigenvalue weighted by molar-refractivity contribution is -0.117. The topological polar surface area (TPSA) is 64.3 Å². The Morgan fingerprint density at radius 3 is 2.94 bits per heavy atom. The van der Waals surface area contributed by atoms with Gasteiger partial charge in [0, 0.05) is 11.6 Å². The molecule has 0 spiro atoms. The lowest BCUT2D eigenvalue weighted by atomic mass is 10.2. The molecule has 18 heavy (non-hydrogen) atoms. The Hall–Kier alpha value is -1.26. The second kappa shape index (κ2) is 7.95. The molecule has 1 aromatic carbocycles. The van der Waals surface area contributed by atoms with Crippen LogP contribution in [0.2, 0.25) is 5.02 Å². The molecule has 0 aliphatic heterocycles. The quantitative estimate of drug-likeness (QED) is 0.591. The molecule has 0 saturated carbocycles. The Morgan fingerprint density at radius 1 is 1.44 bits per heavy atom. The van der Waals surface area contributed by atoms with Gasteiger partial charge in [0.1, 0.15) is 0 Å². The summed E-state index contributed by atoms with van der Waals surface area (Å²) in [6.07, 6.45) is 2.42. The lowest BCUT2D eigenvalue weighted by Gasteiger charge is -2.08. The van der Waals surface area contributed by atoms with Gasteiger partial charge in [-0.3, -0.25) is 4.79 Å². The number of halogens is 1. The van der Waals surface area contributed by atoms with Crippen LogP contribution in [0.1, 0.15) is 26.2 Å². The summed E-state index contributed by atoms with van der Waals surface area (Å²) < 4.78 is 5.32. The number of rotatable bonds is 7. The van der Waals surface area contributed by atoms with E-state index < -0.39 is 0 Å². The second-order valence-corrected chi connectivity index (χ2v) is 4.43. The van der Waals surface area contributed by atoms with E-state index >= 15 is 0 Å². The summed E-state index contributed by atoms with van der Waals surface area (Å²) in [4.78, 5) is 11.6. The van der Waals surface area contributed by atoms with Gasteiger partial charge in [0.2, 0.25) is 5.91 Å². The third-order valence-corrected chi connectivity index (χ3v) is 2.64. The molecule has 1 aromatic rings. The first kappa shape index (κ1) is 14.8. The van der Waals surface area contributed by atoms with Gasteiger partial charge in [0.05, 0.1) is 24.4 Å². The van der Waals surface area contributed by atoms with Crippen LogP contribution in [0.25, 0.3) is 0 Å². The maximum Gasteiger partial charge on any atom is 0.226 e. The van der Waals surface area contributed by atoms with Gasteiger partial charge in [-0.2, -0.15) is 0 Å². The zero-order valence-electron chi connectivity index (χ0n) is 10.5. The Morgan fingerprint density at radius 2 is 2.22 bits per heavy atom. The van der Waals surface area contributed by atoms with Crippen molar-refractivity contribution in [3.8, 4) is 0 Å². The predicted octanol–water partition coefficient (Wildman–Crippen LogP) is 3.07. The molecule has 0 fully saturated rings. The molecule has 3 N–H and O–H groups in total. The van der Waals surface area contributed by atoms with Crippen LogP contribution in [0.5, 0.6) is 0 Å². The number of ether oxygens (including phenoxy) is 1. The van der Waals surface area contributed by atoms with Gasteiger partial charge in [-0.1, -0.05) is 24.9 Å². The van der Waals surface area contributed by atoms with Crippen LogP contribution < -0.4 is 11.1 Å². The number of benzene rings is 1. The third kappa shape index (κ3) is 5.38. The predicted molar refractivity (Wildman–Crippen MR) is 74.8 cm³/mol. The van der Waals surface area contributed by atoms with E-state index in [0.717, 1.165) is 12.8 Å². The summed E-state index contributed by atoms with van der Waals surface area (Å²) in [6.45, 7) is 3.22. The van der Waals surface area contributed by atoms with E-state index in [0.29, 0.717) is 36.0 Å². The SMILES string of the molecule is CCCCOCCC(=O)Nc1cc(Cl)ccc1N. The molecule has 0 aliphatic carbocycles. The monoisotopic (exact) mass is 270 g/mol. The summed E-state index contributed by atoms with van der Waals surface area (Å²) in [5.41, 5.74) is 6.77. The minimum atomic E-state index is -0.125. The van der Waals surface area contributed by atoms with E-state index in [1.54, 1.807) is 18.2 Å². The maximum atomic E-state index is 11.6. The van der Waals surface area contributed by atoms with Crippen LogP contribution in [0.15, 0.2) is 18.2 Å². The van der Waals surface area contributed by atoms with E-state index in [9.17, 15) is 4.79 Å². The number of unbranched alkanes of at least 4 members (excludes halogenated alkanes) is 1. The fraction of sp³-hybridized carbons (Fsp3) is 0.462.